The quantitative estimate of drug-likeness (QED) is 0.703. The van der Waals surface area contributed by atoms with E-state index in [4.69, 9.17) is 0 Å². The van der Waals surface area contributed by atoms with Gasteiger partial charge >= 0.3 is 0 Å². The van der Waals surface area contributed by atoms with Crippen LogP contribution in [0.3, 0.4) is 0 Å². The summed E-state index contributed by atoms with van der Waals surface area (Å²) in [5.41, 5.74) is 1.76. The van der Waals surface area contributed by atoms with E-state index in [0.717, 1.165) is 15.7 Å². The molecule has 24 heavy (non-hydrogen) atoms. The minimum atomic E-state index is -0.160. The monoisotopic (exact) mass is 386 g/mol. The molecule has 0 saturated carbocycles. The van der Waals surface area contributed by atoms with Gasteiger partial charge in [0.2, 0.25) is 5.91 Å². The van der Waals surface area contributed by atoms with Crippen molar-refractivity contribution >= 4 is 33.3 Å². The number of nitrogens with zero attached hydrogens (tertiary/aromatic N) is 4. The Kier molecular flexibility index (Phi) is 4.85. The maximum atomic E-state index is 12.1. The molecule has 3 rings (SSSR count). The maximum Gasteiger partial charge on any atom is 0.243 e. The zero-order valence-corrected chi connectivity index (χ0v) is 14.5. The predicted molar refractivity (Wildman–Crippen MR) is 95.2 cm³/mol. The number of rotatable bonds is 5. The highest BCUT2D eigenvalue weighted by Crippen LogP contribution is 2.19. The van der Waals surface area contributed by atoms with Crippen LogP contribution in [0.5, 0.6) is 0 Å². The van der Waals surface area contributed by atoms with Crippen molar-refractivity contribution in [1.82, 2.24) is 19.7 Å². The van der Waals surface area contributed by atoms with Crippen LogP contribution in [0.2, 0.25) is 0 Å². The van der Waals surface area contributed by atoms with Crippen molar-refractivity contribution in [2.24, 2.45) is 0 Å². The summed E-state index contributed by atoms with van der Waals surface area (Å²) >= 11 is 3.40. The number of hydrogen-bond acceptors (Lipinski definition) is 5. The van der Waals surface area contributed by atoms with E-state index in [2.05, 4.69) is 41.6 Å². The van der Waals surface area contributed by atoms with Gasteiger partial charge in [-0.05, 0) is 36.8 Å². The lowest BCUT2D eigenvalue weighted by Gasteiger charge is -2.10. The maximum absolute atomic E-state index is 12.1. The average molecular weight is 387 g/mol. The van der Waals surface area contributed by atoms with Crippen molar-refractivity contribution in [3.8, 4) is 5.82 Å². The van der Waals surface area contributed by atoms with Crippen molar-refractivity contribution in [2.75, 3.05) is 17.2 Å². The van der Waals surface area contributed by atoms with Crippen LogP contribution >= 0.6 is 15.9 Å². The fourth-order valence-electron chi connectivity index (χ4n) is 2.09. The number of aromatic nitrogens is 4. The molecule has 1 amide bonds. The molecule has 7 nitrogen and oxygen atoms in total. The van der Waals surface area contributed by atoms with E-state index in [1.165, 1.54) is 0 Å². The fourth-order valence-corrected chi connectivity index (χ4v) is 2.56. The van der Waals surface area contributed by atoms with Crippen LogP contribution in [0.1, 0.15) is 5.56 Å². The van der Waals surface area contributed by atoms with E-state index in [-0.39, 0.29) is 12.5 Å². The average Bonchev–Trinajstić information content (AvgIpc) is 3.10. The number of carbonyl (C=O) groups excluding carboxylic acids is 1. The molecule has 0 fully saturated rings. The number of carbonyl (C=O) groups is 1. The Labute approximate surface area is 147 Å². The van der Waals surface area contributed by atoms with Gasteiger partial charge in [-0.1, -0.05) is 15.9 Å². The van der Waals surface area contributed by atoms with E-state index in [1.54, 1.807) is 35.5 Å². The Hall–Kier alpha value is -2.74. The lowest BCUT2D eigenvalue weighted by molar-refractivity contribution is -0.114. The van der Waals surface area contributed by atoms with Crippen LogP contribution in [-0.2, 0) is 4.79 Å². The summed E-state index contributed by atoms with van der Waals surface area (Å²) in [5.74, 6) is 0.923. The summed E-state index contributed by atoms with van der Waals surface area (Å²) in [6.45, 7) is 2.03. The largest absolute Gasteiger partial charge is 0.360 e. The molecule has 0 radical (unpaired) electrons. The highest BCUT2D eigenvalue weighted by atomic mass is 79.9. The normalized spacial score (nSPS) is 10.4. The number of amides is 1. The third kappa shape index (κ3) is 3.96. The summed E-state index contributed by atoms with van der Waals surface area (Å²) < 4.78 is 2.57. The number of anilines is 2. The summed E-state index contributed by atoms with van der Waals surface area (Å²) in [6, 6.07) is 7.49. The molecule has 0 atom stereocenters. The molecule has 0 aliphatic carbocycles. The number of benzene rings is 1. The molecule has 1 aromatic carbocycles. The van der Waals surface area contributed by atoms with Crippen molar-refractivity contribution < 1.29 is 4.79 Å². The van der Waals surface area contributed by atoms with Gasteiger partial charge in [-0.25, -0.2) is 9.67 Å². The fraction of sp³-hybridized carbons (Fsp3) is 0.125. The first-order valence-corrected chi connectivity index (χ1v) is 8.03. The Morgan fingerprint density at radius 1 is 1.33 bits per heavy atom. The molecule has 3 aromatic rings. The highest BCUT2D eigenvalue weighted by molar-refractivity contribution is 9.10. The molecule has 0 spiro atoms. The zero-order valence-electron chi connectivity index (χ0n) is 12.9. The molecule has 2 N–H and O–H groups in total. The lowest BCUT2D eigenvalue weighted by atomic mass is 10.2. The van der Waals surface area contributed by atoms with Gasteiger partial charge in [-0.2, -0.15) is 5.10 Å². The summed E-state index contributed by atoms with van der Waals surface area (Å²) in [6.07, 6.45) is 6.60. The third-order valence-corrected chi connectivity index (χ3v) is 3.75. The van der Waals surface area contributed by atoms with Gasteiger partial charge in [0.05, 0.1) is 18.9 Å². The zero-order chi connectivity index (χ0) is 16.9. The standard InChI is InChI=1S/C16H15BrN6O/c1-11-7-12(17)3-4-13(11)21-16(24)10-19-14-8-18-9-15(22-14)23-6-2-5-20-23/h2-9H,10H2,1H3,(H,19,22)(H,21,24). The molecule has 122 valence electrons. The molecule has 0 saturated heterocycles. The van der Waals surface area contributed by atoms with Gasteiger partial charge in [0.25, 0.3) is 0 Å². The summed E-state index contributed by atoms with van der Waals surface area (Å²) in [7, 11) is 0. The van der Waals surface area contributed by atoms with Crippen LogP contribution < -0.4 is 10.6 Å². The van der Waals surface area contributed by atoms with Gasteiger partial charge in [-0.3, -0.25) is 9.78 Å². The predicted octanol–water partition coefficient (Wildman–Crippen LogP) is 2.78. The molecular weight excluding hydrogens is 372 g/mol. The van der Waals surface area contributed by atoms with E-state index >= 15 is 0 Å². The molecule has 2 aromatic heterocycles. The van der Waals surface area contributed by atoms with Gasteiger partial charge in [0, 0.05) is 22.6 Å². The van der Waals surface area contributed by atoms with Crippen molar-refractivity contribution in [1.29, 1.82) is 0 Å². The summed E-state index contributed by atoms with van der Waals surface area (Å²) in [5, 5.41) is 9.92. The van der Waals surface area contributed by atoms with E-state index in [0.29, 0.717) is 11.6 Å². The number of nitrogens with one attached hydrogen (secondary N) is 2. The van der Waals surface area contributed by atoms with Crippen molar-refractivity contribution in [3.05, 3.63) is 59.1 Å². The first kappa shape index (κ1) is 16.1. The molecule has 2 heterocycles. The van der Waals surface area contributed by atoms with Gasteiger partial charge < -0.3 is 10.6 Å². The molecule has 0 aliphatic heterocycles. The second kappa shape index (κ2) is 7.22. The Morgan fingerprint density at radius 2 is 2.21 bits per heavy atom. The Balaban J connectivity index is 1.61. The molecule has 0 bridgehead atoms. The highest BCUT2D eigenvalue weighted by Gasteiger charge is 2.07. The smallest absolute Gasteiger partial charge is 0.243 e. The van der Waals surface area contributed by atoms with Gasteiger partial charge in [-0.15, -0.1) is 0 Å². The van der Waals surface area contributed by atoms with E-state index < -0.39 is 0 Å². The first-order chi connectivity index (χ1) is 11.6. The summed E-state index contributed by atoms with van der Waals surface area (Å²) in [4.78, 5) is 20.6. The third-order valence-electron chi connectivity index (χ3n) is 3.25. The topological polar surface area (TPSA) is 84.7 Å². The van der Waals surface area contributed by atoms with Crippen LogP contribution in [0, 0.1) is 6.92 Å². The molecule has 0 aliphatic rings. The second-order valence-corrected chi connectivity index (χ2v) is 5.99. The second-order valence-electron chi connectivity index (χ2n) is 5.07. The number of hydrogen-bond donors (Lipinski definition) is 2. The van der Waals surface area contributed by atoms with Crippen LogP contribution in [0.4, 0.5) is 11.5 Å². The Bertz CT molecular complexity index is 850. The van der Waals surface area contributed by atoms with Gasteiger partial charge in [0.15, 0.2) is 5.82 Å². The molecule has 8 heteroatoms. The van der Waals surface area contributed by atoms with Gasteiger partial charge in [0.1, 0.15) is 5.82 Å². The van der Waals surface area contributed by atoms with E-state index in [1.807, 2.05) is 25.1 Å². The first-order valence-electron chi connectivity index (χ1n) is 7.24. The number of aryl methyl sites for hydroxylation is 1. The van der Waals surface area contributed by atoms with Crippen LogP contribution in [0.15, 0.2) is 53.5 Å². The Morgan fingerprint density at radius 3 is 2.96 bits per heavy atom. The lowest BCUT2D eigenvalue weighted by Crippen LogP contribution is -2.22. The minimum Gasteiger partial charge on any atom is -0.360 e. The van der Waals surface area contributed by atoms with Crippen molar-refractivity contribution in [2.45, 2.75) is 6.92 Å². The van der Waals surface area contributed by atoms with Crippen LogP contribution in [-0.4, -0.2) is 32.2 Å². The van der Waals surface area contributed by atoms with Crippen LogP contribution in [0.25, 0.3) is 5.82 Å². The minimum absolute atomic E-state index is 0.0900. The van der Waals surface area contributed by atoms with Crippen molar-refractivity contribution in [3.63, 3.8) is 0 Å². The molecule has 0 unspecified atom stereocenters. The number of halogens is 1. The SMILES string of the molecule is Cc1cc(Br)ccc1NC(=O)CNc1cncc(-n2cccn2)n1. The molecular formula is C16H15BrN6O. The van der Waals surface area contributed by atoms with E-state index in [9.17, 15) is 4.79 Å².